The summed E-state index contributed by atoms with van der Waals surface area (Å²) in [5.41, 5.74) is 3.34. The second-order valence-electron chi connectivity index (χ2n) is 11.5. The van der Waals surface area contributed by atoms with Crippen LogP contribution in [0.4, 0.5) is 0 Å². The molecule has 1 aromatic heterocycles. The summed E-state index contributed by atoms with van der Waals surface area (Å²) >= 11 is 0. The van der Waals surface area contributed by atoms with Crippen molar-refractivity contribution in [2.75, 3.05) is 32.7 Å². The molecule has 7 rings (SSSR count). The van der Waals surface area contributed by atoms with Crippen molar-refractivity contribution in [2.24, 2.45) is 10.9 Å². The first kappa shape index (κ1) is 25.0. The summed E-state index contributed by atoms with van der Waals surface area (Å²) in [6.45, 7) is 2.69. The molecule has 0 radical (unpaired) electrons. The Bertz CT molecular complexity index is 1530. The van der Waals surface area contributed by atoms with Crippen LogP contribution >= 0.6 is 0 Å². The molecule has 2 aromatic carbocycles. The highest BCUT2D eigenvalue weighted by atomic mass is 32.2. The largest absolute Gasteiger partial charge is 0.464 e. The Morgan fingerprint density at radius 3 is 2.36 bits per heavy atom. The third-order valence-electron chi connectivity index (χ3n) is 8.99. The number of carbonyl (C=O) groups is 1. The molecule has 39 heavy (non-hydrogen) atoms. The molecule has 4 aliphatic rings. The lowest BCUT2D eigenvalue weighted by molar-refractivity contribution is -0.131. The number of hydrogen-bond acceptors (Lipinski definition) is 5. The molecule has 3 fully saturated rings. The van der Waals surface area contributed by atoms with Gasteiger partial charge in [0.1, 0.15) is 17.0 Å². The van der Waals surface area contributed by atoms with E-state index in [0.717, 1.165) is 78.4 Å². The van der Waals surface area contributed by atoms with Crippen LogP contribution in [0.15, 0.2) is 64.2 Å². The van der Waals surface area contributed by atoms with Crippen molar-refractivity contribution < 1.29 is 17.6 Å². The van der Waals surface area contributed by atoms with E-state index in [9.17, 15) is 13.2 Å². The first-order valence-corrected chi connectivity index (χ1v) is 15.6. The molecule has 3 aromatic rings. The van der Waals surface area contributed by atoms with Gasteiger partial charge in [-0.3, -0.25) is 14.7 Å². The van der Waals surface area contributed by atoms with Crippen LogP contribution in [0.2, 0.25) is 0 Å². The summed E-state index contributed by atoms with van der Waals surface area (Å²) in [5, 5.41) is 1.06. The Labute approximate surface area is 229 Å². The fourth-order valence-electron chi connectivity index (χ4n) is 6.79. The van der Waals surface area contributed by atoms with Gasteiger partial charge in [0.25, 0.3) is 16.1 Å². The molecule has 0 N–H and O–H groups in total. The molecule has 8 nitrogen and oxygen atoms in total. The van der Waals surface area contributed by atoms with Crippen molar-refractivity contribution in [3.8, 4) is 11.1 Å². The van der Waals surface area contributed by atoms with Gasteiger partial charge in [0, 0.05) is 43.7 Å². The lowest BCUT2D eigenvalue weighted by Gasteiger charge is -2.26. The topological polar surface area (TPSA) is 86.4 Å². The van der Waals surface area contributed by atoms with E-state index in [0.29, 0.717) is 32.7 Å². The maximum atomic E-state index is 13.8. The summed E-state index contributed by atoms with van der Waals surface area (Å²) in [7, 11) is -3.42. The van der Waals surface area contributed by atoms with E-state index < -0.39 is 15.7 Å². The molecule has 1 unspecified atom stereocenters. The maximum absolute atomic E-state index is 13.8. The normalized spacial score (nSPS) is 24.0. The highest BCUT2D eigenvalue weighted by Gasteiger charge is 2.50. The Balaban J connectivity index is 1.13. The number of hydrogen-bond donors (Lipinski definition) is 0. The first-order chi connectivity index (χ1) is 18.9. The highest BCUT2D eigenvalue weighted by Crippen LogP contribution is 2.41. The summed E-state index contributed by atoms with van der Waals surface area (Å²) in [5.74, 6) is 0.916. The zero-order valence-corrected chi connectivity index (χ0v) is 22.9. The van der Waals surface area contributed by atoms with Crippen LogP contribution in [-0.4, -0.2) is 71.9 Å². The first-order valence-electron chi connectivity index (χ1n) is 14.2. The average molecular weight is 547 g/mol. The van der Waals surface area contributed by atoms with Crippen LogP contribution in [0, 0.1) is 5.92 Å². The average Bonchev–Trinajstić information content (AvgIpc) is 3.78. The Kier molecular flexibility index (Phi) is 6.13. The lowest BCUT2D eigenvalue weighted by Crippen LogP contribution is -2.45. The fraction of sp³-hybridized carbons (Fsp3) is 0.467. The molecular weight excluding hydrogens is 512 g/mol. The molecule has 2 saturated heterocycles. The zero-order valence-electron chi connectivity index (χ0n) is 22.1. The maximum Gasteiger partial charge on any atom is 0.281 e. The zero-order chi connectivity index (χ0) is 26.6. The minimum Gasteiger partial charge on any atom is -0.464 e. The number of nitrogens with zero attached hydrogens (tertiary/aromatic N) is 4. The van der Waals surface area contributed by atoms with Gasteiger partial charge in [-0.1, -0.05) is 43.2 Å². The Morgan fingerprint density at radius 2 is 1.59 bits per heavy atom. The summed E-state index contributed by atoms with van der Waals surface area (Å²) in [6.07, 6.45) is 7.91. The number of fused-ring (bicyclic) bond motifs is 1. The van der Waals surface area contributed by atoms with Crippen LogP contribution in [0.25, 0.3) is 22.1 Å². The van der Waals surface area contributed by atoms with E-state index in [4.69, 9.17) is 9.41 Å². The number of carbonyl (C=O) groups excluding carboxylic acids is 1. The summed E-state index contributed by atoms with van der Waals surface area (Å²) in [6, 6.07) is 16.4. The van der Waals surface area contributed by atoms with Crippen molar-refractivity contribution in [3.05, 3.63) is 60.4 Å². The van der Waals surface area contributed by atoms with Gasteiger partial charge in [-0.25, -0.2) is 0 Å². The number of aliphatic imine (C=N–C) groups is 1. The molecule has 3 aliphatic heterocycles. The molecule has 1 amide bonds. The SMILES string of the molecule is O=C1N(CC2CCN(S(=O)(=O)N3CCCC3)C2)C(c2ccc(-c3ccc4occc4c3)cc2)=NC12CCCC2. The molecule has 4 heterocycles. The molecule has 1 saturated carbocycles. The minimum atomic E-state index is -3.42. The highest BCUT2D eigenvalue weighted by molar-refractivity contribution is 7.86. The second kappa shape index (κ2) is 9.57. The van der Waals surface area contributed by atoms with Gasteiger partial charge in [-0.15, -0.1) is 0 Å². The van der Waals surface area contributed by atoms with Crippen LogP contribution in [0.1, 0.15) is 50.5 Å². The van der Waals surface area contributed by atoms with Crippen LogP contribution in [0.5, 0.6) is 0 Å². The monoisotopic (exact) mass is 546 g/mol. The van der Waals surface area contributed by atoms with Gasteiger partial charge >= 0.3 is 0 Å². The predicted octanol–water partition coefficient (Wildman–Crippen LogP) is 4.66. The Morgan fingerprint density at radius 1 is 0.872 bits per heavy atom. The molecule has 1 atom stereocenters. The predicted molar refractivity (Wildman–Crippen MR) is 151 cm³/mol. The number of benzene rings is 2. The molecule has 9 heteroatoms. The smallest absolute Gasteiger partial charge is 0.281 e. The van der Waals surface area contributed by atoms with E-state index in [2.05, 4.69) is 36.4 Å². The molecular formula is C30H34N4O4S. The van der Waals surface area contributed by atoms with Gasteiger partial charge in [0.15, 0.2) is 0 Å². The van der Waals surface area contributed by atoms with Gasteiger partial charge in [0.2, 0.25) is 0 Å². The van der Waals surface area contributed by atoms with Crippen molar-refractivity contribution >= 4 is 32.9 Å². The van der Waals surface area contributed by atoms with E-state index in [1.54, 1.807) is 14.9 Å². The third kappa shape index (κ3) is 4.31. The number of rotatable bonds is 6. The van der Waals surface area contributed by atoms with Crippen molar-refractivity contribution in [3.63, 3.8) is 0 Å². The van der Waals surface area contributed by atoms with E-state index in [-0.39, 0.29) is 11.8 Å². The van der Waals surface area contributed by atoms with E-state index in [1.807, 2.05) is 17.0 Å². The quantitative estimate of drug-likeness (QED) is 0.450. The Hall–Kier alpha value is -3.01. The van der Waals surface area contributed by atoms with E-state index in [1.165, 1.54) is 0 Å². The summed E-state index contributed by atoms with van der Waals surface area (Å²) < 4.78 is 35.0. The summed E-state index contributed by atoms with van der Waals surface area (Å²) in [4.78, 5) is 20.8. The van der Waals surface area contributed by atoms with Gasteiger partial charge in [0.05, 0.1) is 6.26 Å². The standard InChI is InChI=1S/C30H34N4O4S/c35-29-30(13-1-2-14-30)31-28(24-7-5-23(6-8-24)25-9-10-27-26(19-25)12-18-38-27)34(29)21-22-11-17-33(20-22)39(36,37)32-15-3-4-16-32/h5-10,12,18-19,22H,1-4,11,13-17,20-21H2. The number of furan rings is 1. The molecule has 204 valence electrons. The van der Waals surface area contributed by atoms with Crippen molar-refractivity contribution in [1.82, 2.24) is 13.5 Å². The van der Waals surface area contributed by atoms with Gasteiger partial charge in [-0.05, 0) is 67.3 Å². The lowest BCUT2D eigenvalue weighted by atomic mass is 9.97. The molecule has 1 spiro atoms. The van der Waals surface area contributed by atoms with Gasteiger partial charge < -0.3 is 4.42 Å². The molecule has 0 bridgehead atoms. The number of amidine groups is 1. The minimum absolute atomic E-state index is 0.0883. The second-order valence-corrected chi connectivity index (χ2v) is 13.4. The fourth-order valence-corrected chi connectivity index (χ4v) is 8.57. The van der Waals surface area contributed by atoms with E-state index >= 15 is 0 Å². The van der Waals surface area contributed by atoms with Crippen LogP contribution in [0.3, 0.4) is 0 Å². The van der Waals surface area contributed by atoms with Crippen molar-refractivity contribution in [2.45, 2.75) is 50.5 Å². The van der Waals surface area contributed by atoms with Crippen LogP contribution in [-0.2, 0) is 15.0 Å². The number of amides is 1. The van der Waals surface area contributed by atoms with Gasteiger partial charge in [-0.2, -0.15) is 17.0 Å². The third-order valence-corrected chi connectivity index (χ3v) is 11.0. The van der Waals surface area contributed by atoms with Crippen molar-refractivity contribution in [1.29, 1.82) is 0 Å². The van der Waals surface area contributed by atoms with Crippen LogP contribution < -0.4 is 0 Å². The molecule has 1 aliphatic carbocycles.